The van der Waals surface area contributed by atoms with Crippen molar-refractivity contribution in [1.82, 2.24) is 9.97 Å². The third-order valence-electron chi connectivity index (χ3n) is 3.72. The Morgan fingerprint density at radius 2 is 1.28 bits per heavy atom. The Kier molecular flexibility index (Phi) is 4.98. The maximum Gasteiger partial charge on any atom is 0.123 e. The summed E-state index contributed by atoms with van der Waals surface area (Å²) in [7, 11) is 0. The molecule has 1 radical (unpaired) electrons. The SMILES string of the molecule is Fc1c[c-]c(-c2nc3ccccc3nc2-c2ccc(F)cc2)cc1.[Ir]. The first-order chi connectivity index (χ1) is 11.7. The van der Waals surface area contributed by atoms with Crippen LogP contribution in [0.4, 0.5) is 8.78 Å². The van der Waals surface area contributed by atoms with Gasteiger partial charge in [0.25, 0.3) is 0 Å². The summed E-state index contributed by atoms with van der Waals surface area (Å²) in [4.78, 5) is 9.34. The minimum absolute atomic E-state index is 0. The molecular formula is C20H11F2IrN2-. The van der Waals surface area contributed by atoms with Crippen LogP contribution < -0.4 is 0 Å². The number of fused-ring (bicyclic) bond motifs is 1. The van der Waals surface area contributed by atoms with Crippen molar-refractivity contribution in [1.29, 1.82) is 0 Å². The first-order valence-corrected chi connectivity index (χ1v) is 7.41. The van der Waals surface area contributed by atoms with E-state index in [1.807, 2.05) is 24.3 Å². The van der Waals surface area contributed by atoms with E-state index in [9.17, 15) is 8.78 Å². The number of hydrogen-bond acceptors (Lipinski definition) is 2. The van der Waals surface area contributed by atoms with Gasteiger partial charge in [0.05, 0.1) is 16.7 Å². The van der Waals surface area contributed by atoms with E-state index in [0.717, 1.165) is 16.6 Å². The summed E-state index contributed by atoms with van der Waals surface area (Å²) >= 11 is 0. The zero-order chi connectivity index (χ0) is 16.5. The molecule has 0 saturated heterocycles. The van der Waals surface area contributed by atoms with Gasteiger partial charge in [0.1, 0.15) is 5.82 Å². The molecule has 5 heteroatoms. The number of rotatable bonds is 2. The van der Waals surface area contributed by atoms with Crippen molar-refractivity contribution in [2.24, 2.45) is 0 Å². The average Bonchev–Trinajstić information content (AvgIpc) is 2.62. The van der Waals surface area contributed by atoms with Crippen molar-refractivity contribution in [3.63, 3.8) is 0 Å². The molecule has 0 amide bonds. The predicted molar refractivity (Wildman–Crippen MR) is 89.2 cm³/mol. The number of hydrogen-bond donors (Lipinski definition) is 0. The summed E-state index contributed by atoms with van der Waals surface area (Å²) in [5, 5.41) is 0. The molecule has 0 spiro atoms. The van der Waals surface area contributed by atoms with Crippen LogP contribution in [-0.2, 0) is 20.1 Å². The van der Waals surface area contributed by atoms with Gasteiger partial charge in [0.2, 0.25) is 0 Å². The molecule has 0 fully saturated rings. The number of halogens is 2. The van der Waals surface area contributed by atoms with Crippen molar-refractivity contribution >= 4 is 11.0 Å². The Morgan fingerprint density at radius 3 is 1.88 bits per heavy atom. The number of benzene rings is 3. The monoisotopic (exact) mass is 510 g/mol. The molecule has 4 rings (SSSR count). The van der Waals surface area contributed by atoms with Gasteiger partial charge >= 0.3 is 0 Å². The second-order valence-corrected chi connectivity index (χ2v) is 5.34. The maximum atomic E-state index is 13.2. The van der Waals surface area contributed by atoms with E-state index in [4.69, 9.17) is 0 Å². The molecule has 25 heavy (non-hydrogen) atoms. The van der Waals surface area contributed by atoms with Gasteiger partial charge < -0.3 is 0 Å². The minimum Gasteiger partial charge on any atom is -0.292 e. The van der Waals surface area contributed by atoms with Crippen LogP contribution in [0.2, 0.25) is 0 Å². The Balaban J connectivity index is 0.00000182. The summed E-state index contributed by atoms with van der Waals surface area (Å²) in [6.07, 6.45) is 0. The molecule has 4 aromatic rings. The molecular weight excluding hydrogens is 498 g/mol. The molecule has 0 saturated carbocycles. The van der Waals surface area contributed by atoms with Crippen LogP contribution in [-0.4, -0.2) is 9.97 Å². The van der Waals surface area contributed by atoms with Crippen LogP contribution >= 0.6 is 0 Å². The van der Waals surface area contributed by atoms with Crippen LogP contribution in [0.15, 0.2) is 66.7 Å². The van der Waals surface area contributed by atoms with Gasteiger partial charge in [-0.1, -0.05) is 24.3 Å². The van der Waals surface area contributed by atoms with E-state index in [0.29, 0.717) is 17.0 Å². The zero-order valence-corrected chi connectivity index (χ0v) is 15.2. The quantitative estimate of drug-likeness (QED) is 0.354. The fourth-order valence-corrected chi connectivity index (χ4v) is 2.55. The molecule has 125 valence electrons. The van der Waals surface area contributed by atoms with Crippen LogP contribution in [0.3, 0.4) is 0 Å². The first kappa shape index (κ1) is 17.3. The summed E-state index contributed by atoms with van der Waals surface area (Å²) in [5.41, 5.74) is 4.03. The van der Waals surface area contributed by atoms with Crippen molar-refractivity contribution in [2.45, 2.75) is 0 Å². The van der Waals surface area contributed by atoms with Crippen LogP contribution in [0.1, 0.15) is 0 Å². The van der Waals surface area contributed by atoms with Crippen LogP contribution in [0, 0.1) is 17.7 Å². The largest absolute Gasteiger partial charge is 0.292 e. The molecule has 0 unspecified atom stereocenters. The molecule has 0 aliphatic carbocycles. The van der Waals surface area contributed by atoms with E-state index in [1.165, 1.54) is 24.3 Å². The summed E-state index contributed by atoms with van der Waals surface area (Å²) < 4.78 is 26.5. The average molecular weight is 510 g/mol. The topological polar surface area (TPSA) is 25.8 Å². The summed E-state index contributed by atoms with van der Waals surface area (Å²) in [5.74, 6) is -0.682. The van der Waals surface area contributed by atoms with Crippen molar-refractivity contribution in [3.05, 3.63) is 84.4 Å². The molecule has 0 atom stereocenters. The van der Waals surface area contributed by atoms with Gasteiger partial charge in [0, 0.05) is 31.6 Å². The van der Waals surface area contributed by atoms with Gasteiger partial charge in [-0.15, -0.1) is 29.8 Å². The van der Waals surface area contributed by atoms with Gasteiger partial charge in [-0.2, -0.15) is 0 Å². The maximum absolute atomic E-state index is 13.2. The first-order valence-electron chi connectivity index (χ1n) is 7.41. The fraction of sp³-hybridized carbons (Fsp3) is 0. The molecule has 0 aliphatic heterocycles. The van der Waals surface area contributed by atoms with Crippen LogP contribution in [0.25, 0.3) is 33.5 Å². The summed E-state index contributed by atoms with van der Waals surface area (Å²) in [6, 6.07) is 20.7. The van der Waals surface area contributed by atoms with Gasteiger partial charge in [-0.25, -0.2) is 4.39 Å². The van der Waals surface area contributed by atoms with E-state index >= 15 is 0 Å². The molecule has 1 aromatic heterocycles. The Labute approximate surface area is 156 Å². The summed E-state index contributed by atoms with van der Waals surface area (Å²) in [6.45, 7) is 0. The Hall–Kier alpha value is -2.49. The molecule has 3 aromatic carbocycles. The van der Waals surface area contributed by atoms with Crippen molar-refractivity contribution < 1.29 is 28.9 Å². The van der Waals surface area contributed by atoms with Crippen LogP contribution in [0.5, 0.6) is 0 Å². The fourth-order valence-electron chi connectivity index (χ4n) is 2.55. The number of aromatic nitrogens is 2. The Morgan fingerprint density at radius 1 is 0.680 bits per heavy atom. The van der Waals surface area contributed by atoms with Gasteiger partial charge in [0.15, 0.2) is 0 Å². The number of para-hydroxylation sites is 2. The molecule has 1 heterocycles. The van der Waals surface area contributed by atoms with E-state index < -0.39 is 0 Å². The number of nitrogens with zero attached hydrogens (tertiary/aromatic N) is 2. The van der Waals surface area contributed by atoms with Crippen molar-refractivity contribution in [3.8, 4) is 22.5 Å². The smallest absolute Gasteiger partial charge is 0.123 e. The second-order valence-electron chi connectivity index (χ2n) is 5.34. The minimum atomic E-state index is -0.365. The van der Waals surface area contributed by atoms with E-state index in [-0.39, 0.29) is 31.7 Å². The normalized spacial score (nSPS) is 10.5. The third kappa shape index (κ3) is 3.48. The van der Waals surface area contributed by atoms with Gasteiger partial charge in [-0.3, -0.25) is 14.4 Å². The standard InChI is InChI=1S/C20H11F2N2.Ir/c21-15-9-5-13(6-10-15)19-20(14-7-11-16(22)12-8-14)24-18-4-2-1-3-17(18)23-19;/h1-7,9-12H;/q-1;. The molecule has 0 aliphatic rings. The molecule has 0 bridgehead atoms. The second kappa shape index (κ2) is 7.18. The predicted octanol–water partition coefficient (Wildman–Crippen LogP) is 5.04. The zero-order valence-electron chi connectivity index (χ0n) is 12.8. The third-order valence-corrected chi connectivity index (χ3v) is 3.72. The van der Waals surface area contributed by atoms with E-state index in [1.54, 1.807) is 18.2 Å². The molecule has 2 nitrogen and oxygen atoms in total. The Bertz CT molecular complexity index is 932. The molecule has 0 N–H and O–H groups in total. The van der Waals surface area contributed by atoms with Gasteiger partial charge in [-0.05, 0) is 29.8 Å². The van der Waals surface area contributed by atoms with Crippen molar-refractivity contribution in [2.75, 3.05) is 0 Å². The van der Waals surface area contributed by atoms with E-state index in [2.05, 4.69) is 16.0 Å².